The first-order chi connectivity index (χ1) is 20.9. The zero-order valence-corrected chi connectivity index (χ0v) is 23.9. The molecule has 10 nitrogen and oxygen atoms in total. The second kappa shape index (κ2) is 11.9. The van der Waals surface area contributed by atoms with Crippen molar-refractivity contribution in [2.24, 2.45) is 0 Å². The van der Waals surface area contributed by atoms with Gasteiger partial charge in [-0.15, -0.1) is 0 Å². The number of nitrogens with one attached hydrogen (secondary N) is 2. The number of hydrogen-bond acceptors (Lipinski definition) is 7. The molecule has 11 heteroatoms. The maximum absolute atomic E-state index is 13.2. The van der Waals surface area contributed by atoms with Crippen LogP contribution in [-0.4, -0.2) is 39.5 Å². The number of aromatic nitrogens is 1. The summed E-state index contributed by atoms with van der Waals surface area (Å²) in [5, 5.41) is 20.2. The van der Waals surface area contributed by atoms with Crippen LogP contribution in [0.25, 0.3) is 22.1 Å². The summed E-state index contributed by atoms with van der Waals surface area (Å²) >= 11 is 5.75. The number of rotatable bonds is 9. The maximum Gasteiger partial charge on any atom is 0.273 e. The Bertz CT molecular complexity index is 1820. The Kier molecular flexibility index (Phi) is 7.71. The largest absolute Gasteiger partial charge is 0.496 e. The summed E-state index contributed by atoms with van der Waals surface area (Å²) in [6.45, 7) is 0.327. The van der Waals surface area contributed by atoms with Crippen molar-refractivity contribution in [2.45, 2.75) is 18.5 Å². The summed E-state index contributed by atoms with van der Waals surface area (Å²) in [6, 6.07) is 26.6. The van der Waals surface area contributed by atoms with Crippen LogP contribution in [-0.2, 0) is 4.79 Å². The Morgan fingerprint density at radius 2 is 1.91 bits per heavy atom. The second-order valence-electron chi connectivity index (χ2n) is 9.99. The van der Waals surface area contributed by atoms with E-state index in [0.717, 1.165) is 22.2 Å². The number of methoxy groups -OCH3 is 1. The first kappa shape index (κ1) is 27.9. The number of furan rings is 1. The van der Waals surface area contributed by atoms with E-state index in [2.05, 4.69) is 15.6 Å². The topological polar surface area (TPSA) is 123 Å². The number of carbonyl (C=O) groups is 1. The van der Waals surface area contributed by atoms with E-state index in [-0.39, 0.29) is 24.1 Å². The number of nitro groups is 1. The molecule has 1 aliphatic heterocycles. The van der Waals surface area contributed by atoms with E-state index in [0.29, 0.717) is 34.5 Å². The molecule has 1 amide bonds. The normalized spacial score (nSPS) is 16.2. The number of anilines is 1. The van der Waals surface area contributed by atoms with Crippen molar-refractivity contribution in [3.05, 3.63) is 119 Å². The monoisotopic (exact) mass is 593 g/mol. The van der Waals surface area contributed by atoms with Gasteiger partial charge in [-0.05, 0) is 54.0 Å². The minimum atomic E-state index is -0.475. The molecule has 0 radical (unpaired) electrons. The van der Waals surface area contributed by atoms with Gasteiger partial charge in [-0.1, -0.05) is 42.5 Å². The van der Waals surface area contributed by atoms with Gasteiger partial charge in [-0.25, -0.2) is 0 Å². The van der Waals surface area contributed by atoms with Gasteiger partial charge in [0, 0.05) is 36.3 Å². The van der Waals surface area contributed by atoms with Crippen LogP contribution in [0.5, 0.6) is 5.75 Å². The minimum Gasteiger partial charge on any atom is -0.496 e. The highest BCUT2D eigenvalue weighted by molar-refractivity contribution is 7.80. The Morgan fingerprint density at radius 1 is 1.09 bits per heavy atom. The lowest BCUT2D eigenvalue weighted by molar-refractivity contribution is -0.384. The fraction of sp³-hybridized carbons (Fsp3) is 0.156. The van der Waals surface area contributed by atoms with E-state index in [4.69, 9.17) is 21.4 Å². The smallest absolute Gasteiger partial charge is 0.273 e. The van der Waals surface area contributed by atoms with E-state index < -0.39 is 11.0 Å². The third kappa shape index (κ3) is 5.62. The Hall–Kier alpha value is -5.29. The molecule has 0 aliphatic carbocycles. The minimum absolute atomic E-state index is 0.0825. The van der Waals surface area contributed by atoms with Gasteiger partial charge in [-0.3, -0.25) is 19.9 Å². The highest BCUT2D eigenvalue weighted by Crippen LogP contribution is 2.42. The molecule has 2 N–H and O–H groups in total. The quantitative estimate of drug-likeness (QED) is 0.113. The predicted octanol–water partition coefficient (Wildman–Crippen LogP) is 6.41. The van der Waals surface area contributed by atoms with Gasteiger partial charge in [0.25, 0.3) is 5.69 Å². The molecular weight excluding hydrogens is 566 g/mol. The van der Waals surface area contributed by atoms with E-state index in [1.165, 1.54) is 19.2 Å². The molecule has 3 aromatic carbocycles. The fourth-order valence-corrected chi connectivity index (χ4v) is 5.71. The third-order valence-corrected chi connectivity index (χ3v) is 7.77. The average Bonchev–Trinajstić information content (AvgIpc) is 3.64. The fourth-order valence-electron chi connectivity index (χ4n) is 5.38. The molecule has 5 aromatic rings. The molecule has 2 aromatic heterocycles. The number of non-ortho nitro benzene ring substituents is 1. The lowest BCUT2D eigenvalue weighted by Crippen LogP contribution is -2.32. The summed E-state index contributed by atoms with van der Waals surface area (Å²) in [5.74, 6) is 1.24. The van der Waals surface area contributed by atoms with Crippen molar-refractivity contribution in [3.8, 4) is 17.1 Å². The van der Waals surface area contributed by atoms with Crippen LogP contribution >= 0.6 is 12.2 Å². The zero-order valence-electron chi connectivity index (χ0n) is 23.1. The van der Waals surface area contributed by atoms with Crippen molar-refractivity contribution in [2.75, 3.05) is 19.0 Å². The number of ether oxygens (including phenoxy) is 1. The van der Waals surface area contributed by atoms with Crippen molar-refractivity contribution < 1.29 is 18.9 Å². The maximum atomic E-state index is 13.2. The molecular formula is C32H27N5O5S. The van der Waals surface area contributed by atoms with Crippen LogP contribution in [0, 0.1) is 10.1 Å². The first-order valence-corrected chi connectivity index (χ1v) is 14.0. The Labute approximate surface area is 252 Å². The highest BCUT2D eigenvalue weighted by atomic mass is 32.1. The second-order valence-corrected chi connectivity index (χ2v) is 10.4. The number of fused-ring (bicyclic) bond motifs is 1. The van der Waals surface area contributed by atoms with E-state index in [1.807, 2.05) is 71.6 Å². The van der Waals surface area contributed by atoms with Gasteiger partial charge in [0.15, 0.2) is 5.11 Å². The van der Waals surface area contributed by atoms with Gasteiger partial charge < -0.3 is 24.7 Å². The van der Waals surface area contributed by atoms with Gasteiger partial charge >= 0.3 is 0 Å². The summed E-state index contributed by atoms with van der Waals surface area (Å²) < 4.78 is 11.8. The molecule has 1 saturated heterocycles. The van der Waals surface area contributed by atoms with Crippen molar-refractivity contribution in [3.63, 3.8) is 0 Å². The SMILES string of the molecule is COc1cc([N+](=O)[O-])ccc1-c1ccc([C@@H]2[C@@H](c3ccccn3)NC(=S)N2CCC(=O)Nc2cccc3ccccc23)o1. The number of nitro benzene ring substituents is 1. The van der Waals surface area contributed by atoms with Crippen LogP contribution in [0.3, 0.4) is 0 Å². The lowest BCUT2D eigenvalue weighted by atomic mass is 10.0. The first-order valence-electron chi connectivity index (χ1n) is 13.6. The molecule has 2 atom stereocenters. The number of nitrogens with zero attached hydrogens (tertiary/aromatic N) is 3. The third-order valence-electron chi connectivity index (χ3n) is 7.42. The predicted molar refractivity (Wildman–Crippen MR) is 167 cm³/mol. The number of hydrogen-bond donors (Lipinski definition) is 2. The molecule has 216 valence electrons. The average molecular weight is 594 g/mol. The summed E-state index contributed by atoms with van der Waals surface area (Å²) in [6.07, 6.45) is 1.90. The van der Waals surface area contributed by atoms with E-state index >= 15 is 0 Å². The molecule has 1 aliphatic rings. The molecule has 0 spiro atoms. The number of benzene rings is 3. The Balaban J connectivity index is 1.27. The van der Waals surface area contributed by atoms with Gasteiger partial charge in [0.05, 0.1) is 35.4 Å². The highest BCUT2D eigenvalue weighted by Gasteiger charge is 2.41. The van der Waals surface area contributed by atoms with Crippen LogP contribution in [0.4, 0.5) is 11.4 Å². The van der Waals surface area contributed by atoms with Gasteiger partial charge in [0.1, 0.15) is 23.3 Å². The molecule has 1 fully saturated rings. The molecule has 43 heavy (non-hydrogen) atoms. The summed E-state index contributed by atoms with van der Waals surface area (Å²) in [4.78, 5) is 30.4. The standard InChI is InChI=1S/C32H27N5O5S/c1-41-28-19-21(37(39)40)12-13-23(28)26-14-15-27(42-26)31-30(25-10-4-5-17-33-25)35-32(43)36(31)18-16-29(38)34-24-11-6-8-20-7-2-3-9-22(20)24/h2-15,17,19,30-31H,16,18H2,1H3,(H,34,38)(H,35,43)/t30-,31-/m1/s1. The zero-order chi connectivity index (χ0) is 29.9. The van der Waals surface area contributed by atoms with Crippen molar-refractivity contribution >= 4 is 45.4 Å². The summed E-state index contributed by atoms with van der Waals surface area (Å²) in [7, 11) is 1.45. The number of thiocarbonyl (C=S) groups is 1. The summed E-state index contributed by atoms with van der Waals surface area (Å²) in [5.41, 5.74) is 2.01. The number of carbonyl (C=O) groups excluding carboxylic acids is 1. The van der Waals surface area contributed by atoms with E-state index in [1.54, 1.807) is 18.3 Å². The molecule has 0 saturated carbocycles. The number of pyridine rings is 1. The van der Waals surface area contributed by atoms with Gasteiger partial charge in [-0.2, -0.15) is 0 Å². The van der Waals surface area contributed by atoms with Crippen LogP contribution in [0.1, 0.15) is 30.0 Å². The van der Waals surface area contributed by atoms with Gasteiger partial charge in [0.2, 0.25) is 5.91 Å². The number of amides is 1. The van der Waals surface area contributed by atoms with Crippen LogP contribution in [0.2, 0.25) is 0 Å². The molecule has 6 rings (SSSR count). The van der Waals surface area contributed by atoms with Crippen molar-refractivity contribution in [1.29, 1.82) is 0 Å². The van der Waals surface area contributed by atoms with Crippen LogP contribution in [0.15, 0.2) is 102 Å². The molecule has 3 heterocycles. The van der Waals surface area contributed by atoms with Crippen molar-refractivity contribution in [1.82, 2.24) is 15.2 Å². The molecule has 0 unspecified atom stereocenters. The molecule has 0 bridgehead atoms. The Morgan fingerprint density at radius 3 is 2.70 bits per heavy atom. The van der Waals surface area contributed by atoms with Crippen LogP contribution < -0.4 is 15.4 Å². The van der Waals surface area contributed by atoms with E-state index in [9.17, 15) is 14.9 Å². The lowest BCUT2D eigenvalue weighted by Gasteiger charge is -2.26.